The van der Waals surface area contributed by atoms with Gasteiger partial charge in [0.05, 0.1) is 6.54 Å². The van der Waals surface area contributed by atoms with Gasteiger partial charge in [-0.2, -0.15) is 5.10 Å². The summed E-state index contributed by atoms with van der Waals surface area (Å²) in [7, 11) is 0. The molecular weight excluding hydrogens is 374 g/mol. The Morgan fingerprint density at radius 1 is 1.10 bits per heavy atom. The number of piperazine rings is 1. The molecule has 30 heavy (non-hydrogen) atoms. The Labute approximate surface area is 181 Å². The number of likely N-dealkylation sites (tertiary alicyclic amines) is 1. The van der Waals surface area contributed by atoms with Crippen molar-refractivity contribution in [2.45, 2.75) is 77.4 Å². The highest BCUT2D eigenvalue weighted by Gasteiger charge is 2.34. The fourth-order valence-corrected chi connectivity index (χ4v) is 5.47. The van der Waals surface area contributed by atoms with E-state index < -0.39 is 0 Å². The van der Waals surface area contributed by atoms with Crippen LogP contribution in [0.2, 0.25) is 0 Å². The SMILES string of the molecule is C=CCn1nc(C(=O)N2CCCCCC2)c2c1CCC(N1CCN(C(C)C)CC1)C2. The van der Waals surface area contributed by atoms with Crippen LogP contribution in [0.3, 0.4) is 0 Å². The molecule has 0 spiro atoms. The van der Waals surface area contributed by atoms with E-state index in [1.165, 1.54) is 24.1 Å². The predicted octanol–water partition coefficient (Wildman–Crippen LogP) is 2.97. The molecule has 0 saturated carbocycles. The summed E-state index contributed by atoms with van der Waals surface area (Å²) in [6, 6.07) is 1.16. The predicted molar refractivity (Wildman–Crippen MR) is 121 cm³/mol. The molecule has 1 aromatic heterocycles. The summed E-state index contributed by atoms with van der Waals surface area (Å²) < 4.78 is 2.04. The maximum atomic E-state index is 13.4. The van der Waals surface area contributed by atoms with E-state index in [1.807, 2.05) is 10.8 Å². The maximum Gasteiger partial charge on any atom is 0.274 e. The smallest absolute Gasteiger partial charge is 0.274 e. The van der Waals surface area contributed by atoms with Crippen LogP contribution in [0.4, 0.5) is 0 Å². The molecule has 2 aliphatic heterocycles. The van der Waals surface area contributed by atoms with Crippen LogP contribution in [-0.2, 0) is 19.4 Å². The highest BCUT2D eigenvalue weighted by molar-refractivity contribution is 5.94. The number of carbonyl (C=O) groups excluding carboxylic acids is 1. The van der Waals surface area contributed by atoms with E-state index in [4.69, 9.17) is 5.10 Å². The highest BCUT2D eigenvalue weighted by atomic mass is 16.2. The van der Waals surface area contributed by atoms with E-state index in [1.54, 1.807) is 0 Å². The number of hydrogen-bond donors (Lipinski definition) is 0. The van der Waals surface area contributed by atoms with Crippen LogP contribution in [0.5, 0.6) is 0 Å². The molecule has 1 aromatic rings. The van der Waals surface area contributed by atoms with Gasteiger partial charge in [-0.05, 0) is 46.0 Å². The lowest BCUT2D eigenvalue weighted by atomic mass is 9.89. The number of aromatic nitrogens is 2. The number of hydrogen-bond acceptors (Lipinski definition) is 4. The Kier molecular flexibility index (Phi) is 6.94. The van der Waals surface area contributed by atoms with Crippen LogP contribution >= 0.6 is 0 Å². The Balaban J connectivity index is 1.53. The fourth-order valence-electron chi connectivity index (χ4n) is 5.47. The Bertz CT molecular complexity index is 739. The van der Waals surface area contributed by atoms with Gasteiger partial charge in [0.2, 0.25) is 0 Å². The lowest BCUT2D eigenvalue weighted by molar-refractivity contribution is 0.0713. The second kappa shape index (κ2) is 9.65. The zero-order chi connectivity index (χ0) is 21.1. The summed E-state index contributed by atoms with van der Waals surface area (Å²) in [5.41, 5.74) is 3.21. The summed E-state index contributed by atoms with van der Waals surface area (Å²) in [6.07, 6.45) is 9.73. The van der Waals surface area contributed by atoms with Crippen LogP contribution in [0.25, 0.3) is 0 Å². The molecule has 0 bridgehead atoms. The van der Waals surface area contributed by atoms with E-state index >= 15 is 0 Å². The summed E-state index contributed by atoms with van der Waals surface area (Å²) in [5, 5.41) is 4.83. The molecule has 2 fully saturated rings. The van der Waals surface area contributed by atoms with Crippen molar-refractivity contribution in [3.05, 3.63) is 29.6 Å². The van der Waals surface area contributed by atoms with Crippen LogP contribution < -0.4 is 0 Å². The molecule has 0 radical (unpaired) electrons. The summed E-state index contributed by atoms with van der Waals surface area (Å²) in [5.74, 6) is 0.154. The fraction of sp³-hybridized carbons (Fsp3) is 0.750. The molecule has 3 aliphatic rings. The van der Waals surface area contributed by atoms with Crippen LogP contribution in [0.1, 0.15) is 67.7 Å². The Hall–Kier alpha value is -1.66. The minimum absolute atomic E-state index is 0.154. The molecule has 6 heteroatoms. The van der Waals surface area contributed by atoms with Gasteiger partial charge in [-0.25, -0.2) is 0 Å². The number of carbonyl (C=O) groups is 1. The van der Waals surface area contributed by atoms with E-state index in [0.717, 1.165) is 77.1 Å². The van der Waals surface area contributed by atoms with Crippen molar-refractivity contribution < 1.29 is 4.79 Å². The van der Waals surface area contributed by atoms with Gasteiger partial charge in [-0.15, -0.1) is 6.58 Å². The molecule has 1 unspecified atom stereocenters. The number of amides is 1. The van der Waals surface area contributed by atoms with E-state index in [0.29, 0.717) is 18.6 Å². The van der Waals surface area contributed by atoms with Gasteiger partial charge in [0.15, 0.2) is 5.69 Å². The van der Waals surface area contributed by atoms with Gasteiger partial charge in [-0.3, -0.25) is 19.3 Å². The summed E-state index contributed by atoms with van der Waals surface area (Å²) in [6.45, 7) is 15.5. The third-order valence-corrected chi connectivity index (χ3v) is 7.31. The molecule has 0 N–H and O–H groups in total. The first-order valence-corrected chi connectivity index (χ1v) is 12.0. The third-order valence-electron chi connectivity index (χ3n) is 7.31. The topological polar surface area (TPSA) is 44.6 Å². The molecule has 3 heterocycles. The van der Waals surface area contributed by atoms with Gasteiger partial charge in [0, 0.05) is 62.6 Å². The minimum atomic E-state index is 0.154. The molecule has 6 nitrogen and oxygen atoms in total. The first-order valence-electron chi connectivity index (χ1n) is 12.0. The van der Waals surface area contributed by atoms with Crippen molar-refractivity contribution in [2.24, 2.45) is 0 Å². The van der Waals surface area contributed by atoms with Crippen molar-refractivity contribution in [1.29, 1.82) is 0 Å². The molecule has 1 amide bonds. The van der Waals surface area contributed by atoms with Gasteiger partial charge in [0.1, 0.15) is 0 Å². The van der Waals surface area contributed by atoms with Gasteiger partial charge in [-0.1, -0.05) is 18.9 Å². The summed E-state index contributed by atoms with van der Waals surface area (Å²) >= 11 is 0. The third kappa shape index (κ3) is 4.50. The minimum Gasteiger partial charge on any atom is -0.337 e. The molecule has 1 atom stereocenters. The standard InChI is InChI=1S/C24H39N5O/c1-4-11-29-22-10-9-20(27-16-14-26(15-17-27)19(2)3)18-21(22)23(25-29)24(30)28-12-7-5-6-8-13-28/h4,19-20H,1,5-18H2,2-3H3. The summed E-state index contributed by atoms with van der Waals surface area (Å²) in [4.78, 5) is 20.7. The second-order valence-electron chi connectivity index (χ2n) is 9.51. The number of rotatable bonds is 5. The van der Waals surface area contributed by atoms with Gasteiger partial charge >= 0.3 is 0 Å². The van der Waals surface area contributed by atoms with Gasteiger partial charge < -0.3 is 4.90 Å². The normalized spacial score (nSPS) is 24.0. The quantitative estimate of drug-likeness (QED) is 0.696. The van der Waals surface area contributed by atoms with Crippen molar-refractivity contribution in [3.63, 3.8) is 0 Å². The van der Waals surface area contributed by atoms with E-state index in [-0.39, 0.29) is 5.91 Å². The Morgan fingerprint density at radius 3 is 2.43 bits per heavy atom. The van der Waals surface area contributed by atoms with Gasteiger partial charge in [0.25, 0.3) is 5.91 Å². The van der Waals surface area contributed by atoms with Crippen LogP contribution in [-0.4, -0.2) is 81.7 Å². The van der Waals surface area contributed by atoms with E-state index in [9.17, 15) is 4.79 Å². The molecule has 4 rings (SSSR count). The average Bonchev–Trinajstić information content (AvgIpc) is 2.92. The second-order valence-corrected chi connectivity index (χ2v) is 9.51. The first kappa shape index (κ1) is 21.6. The largest absolute Gasteiger partial charge is 0.337 e. The monoisotopic (exact) mass is 413 g/mol. The molecule has 1 aliphatic carbocycles. The molecule has 2 saturated heterocycles. The molecular formula is C24H39N5O. The van der Waals surface area contributed by atoms with Crippen molar-refractivity contribution in [2.75, 3.05) is 39.3 Å². The maximum absolute atomic E-state index is 13.4. The van der Waals surface area contributed by atoms with Crippen molar-refractivity contribution in [3.8, 4) is 0 Å². The zero-order valence-electron chi connectivity index (χ0n) is 19.0. The Morgan fingerprint density at radius 2 is 1.80 bits per heavy atom. The number of nitrogens with zero attached hydrogens (tertiary/aromatic N) is 5. The number of allylic oxidation sites excluding steroid dienone is 1. The average molecular weight is 414 g/mol. The van der Waals surface area contributed by atoms with E-state index in [2.05, 4.69) is 35.1 Å². The lowest BCUT2D eigenvalue weighted by Gasteiger charge is -2.42. The number of fused-ring (bicyclic) bond motifs is 1. The highest BCUT2D eigenvalue weighted by Crippen LogP contribution is 2.29. The van der Waals surface area contributed by atoms with Crippen molar-refractivity contribution >= 4 is 5.91 Å². The van der Waals surface area contributed by atoms with Crippen molar-refractivity contribution in [1.82, 2.24) is 24.5 Å². The first-order chi connectivity index (χ1) is 14.6. The molecule has 0 aromatic carbocycles. The lowest BCUT2D eigenvalue weighted by Crippen LogP contribution is -2.53. The molecule has 166 valence electrons. The zero-order valence-corrected chi connectivity index (χ0v) is 19.0. The van der Waals surface area contributed by atoms with Crippen LogP contribution in [0, 0.1) is 0 Å². The van der Waals surface area contributed by atoms with Crippen LogP contribution in [0.15, 0.2) is 12.7 Å².